The molecule has 2 fully saturated rings. The van der Waals surface area contributed by atoms with Gasteiger partial charge in [0.15, 0.2) is 0 Å². The number of nitrogens with one attached hydrogen (secondary N) is 2. The third-order valence-electron chi connectivity index (χ3n) is 7.26. The van der Waals surface area contributed by atoms with Gasteiger partial charge in [-0.05, 0) is 44.2 Å². The summed E-state index contributed by atoms with van der Waals surface area (Å²) in [6, 6.07) is 4.05. The Morgan fingerprint density at radius 3 is 2.58 bits per heavy atom. The number of rotatable bonds is 11. The lowest BCUT2D eigenvalue weighted by Gasteiger charge is -2.27. The van der Waals surface area contributed by atoms with E-state index in [1.165, 1.54) is 0 Å². The number of aliphatic hydroxyl groups is 1. The number of likely N-dealkylation sites (tertiary alicyclic amines) is 1. The number of amides is 5. The molecule has 1 unspecified atom stereocenters. The SMILES string of the molecule is O=C1CCC(N2C(=O)c3cccc(NCCCCCCCC(=O)N4CCC[C@H]4CO)c3C2=O)C(=O)N1. The zero-order chi connectivity index (χ0) is 25.7. The van der Waals surface area contributed by atoms with Crippen LogP contribution in [0.4, 0.5) is 5.69 Å². The fourth-order valence-electron chi connectivity index (χ4n) is 5.31. The maximum atomic E-state index is 13.1. The molecule has 3 N–H and O–H groups in total. The molecular weight excluding hydrogens is 464 g/mol. The lowest BCUT2D eigenvalue weighted by molar-refractivity contribution is -0.136. The van der Waals surface area contributed by atoms with E-state index in [4.69, 9.17) is 0 Å². The predicted octanol–water partition coefficient (Wildman–Crippen LogP) is 1.82. The minimum absolute atomic E-state index is 0.0127. The van der Waals surface area contributed by atoms with Gasteiger partial charge in [-0.25, -0.2) is 0 Å². The molecule has 2 atom stereocenters. The van der Waals surface area contributed by atoms with Crippen LogP contribution in [0.1, 0.15) is 84.9 Å². The van der Waals surface area contributed by atoms with Crippen LogP contribution < -0.4 is 10.6 Å². The molecule has 1 aromatic rings. The second-order valence-electron chi connectivity index (χ2n) is 9.69. The number of benzene rings is 1. The molecule has 0 aliphatic carbocycles. The third kappa shape index (κ3) is 5.43. The average Bonchev–Trinajstić information content (AvgIpc) is 3.44. The van der Waals surface area contributed by atoms with E-state index >= 15 is 0 Å². The van der Waals surface area contributed by atoms with Crippen LogP contribution in [0.25, 0.3) is 0 Å². The highest BCUT2D eigenvalue weighted by molar-refractivity contribution is 6.25. The summed E-state index contributed by atoms with van der Waals surface area (Å²) in [5.74, 6) is -1.91. The normalized spacial score (nSPS) is 21.7. The van der Waals surface area contributed by atoms with Gasteiger partial charge in [0.1, 0.15) is 6.04 Å². The van der Waals surface area contributed by atoms with Gasteiger partial charge in [0.05, 0.1) is 23.8 Å². The number of carbonyl (C=O) groups excluding carboxylic acids is 5. The second kappa shape index (κ2) is 11.6. The Bertz CT molecular complexity index is 1040. The first-order valence-electron chi connectivity index (χ1n) is 12.9. The molecule has 3 aliphatic rings. The van der Waals surface area contributed by atoms with Crippen molar-refractivity contribution in [1.29, 1.82) is 0 Å². The molecule has 10 nitrogen and oxygen atoms in total. The van der Waals surface area contributed by atoms with Crippen LogP contribution in [0.3, 0.4) is 0 Å². The summed E-state index contributed by atoms with van der Waals surface area (Å²) in [6.07, 6.45) is 7.20. The van der Waals surface area contributed by atoms with E-state index < -0.39 is 29.7 Å². The Morgan fingerprint density at radius 1 is 1.03 bits per heavy atom. The van der Waals surface area contributed by atoms with Gasteiger partial charge in [-0.2, -0.15) is 0 Å². The molecule has 0 saturated carbocycles. The lowest BCUT2D eigenvalue weighted by Crippen LogP contribution is -2.54. The van der Waals surface area contributed by atoms with Crippen LogP contribution in [0.2, 0.25) is 0 Å². The van der Waals surface area contributed by atoms with Crippen molar-refractivity contribution in [3.05, 3.63) is 29.3 Å². The monoisotopic (exact) mass is 498 g/mol. The van der Waals surface area contributed by atoms with Crippen molar-refractivity contribution in [2.75, 3.05) is 25.0 Å². The first-order valence-corrected chi connectivity index (χ1v) is 12.9. The molecule has 3 heterocycles. The molecule has 4 rings (SSSR count). The molecule has 10 heteroatoms. The number of piperidine rings is 1. The zero-order valence-corrected chi connectivity index (χ0v) is 20.5. The predicted molar refractivity (Wildman–Crippen MR) is 131 cm³/mol. The summed E-state index contributed by atoms with van der Waals surface area (Å²) >= 11 is 0. The van der Waals surface area contributed by atoms with Crippen LogP contribution in [-0.4, -0.2) is 76.2 Å². The van der Waals surface area contributed by atoms with E-state index in [0.29, 0.717) is 18.7 Å². The average molecular weight is 499 g/mol. The number of nitrogens with zero attached hydrogens (tertiary/aromatic N) is 2. The van der Waals surface area contributed by atoms with Crippen molar-refractivity contribution in [1.82, 2.24) is 15.1 Å². The molecule has 5 amide bonds. The highest BCUT2D eigenvalue weighted by atomic mass is 16.3. The van der Waals surface area contributed by atoms with Gasteiger partial charge in [-0.1, -0.05) is 25.3 Å². The number of imide groups is 2. The fourth-order valence-corrected chi connectivity index (χ4v) is 5.31. The van der Waals surface area contributed by atoms with E-state index in [1.807, 2.05) is 4.90 Å². The van der Waals surface area contributed by atoms with E-state index in [0.717, 1.165) is 56.4 Å². The standard InChI is InChI=1S/C26H34N4O6/c31-16-17-8-7-15-29(17)22(33)11-4-2-1-3-5-14-27-19-10-6-9-18-23(19)26(36)30(25(18)35)20-12-13-21(32)28-24(20)34/h6,9-10,17,20,27,31H,1-5,7-8,11-16H2,(H,28,32,34)/t17-,20?/m0/s1. The lowest BCUT2D eigenvalue weighted by atomic mass is 10.0. The fraction of sp³-hybridized carbons (Fsp3) is 0.577. The highest BCUT2D eigenvalue weighted by Gasteiger charge is 2.45. The topological polar surface area (TPSA) is 136 Å². The number of aliphatic hydroxyl groups excluding tert-OH is 1. The van der Waals surface area contributed by atoms with Crippen molar-refractivity contribution in [3.8, 4) is 0 Å². The van der Waals surface area contributed by atoms with Crippen molar-refractivity contribution in [2.24, 2.45) is 0 Å². The van der Waals surface area contributed by atoms with Crippen LogP contribution >= 0.6 is 0 Å². The van der Waals surface area contributed by atoms with Crippen LogP contribution in [0.5, 0.6) is 0 Å². The van der Waals surface area contributed by atoms with E-state index in [1.54, 1.807) is 18.2 Å². The summed E-state index contributed by atoms with van der Waals surface area (Å²) in [6.45, 7) is 1.41. The van der Waals surface area contributed by atoms with Gasteiger partial charge in [0, 0.05) is 31.6 Å². The minimum atomic E-state index is -0.977. The molecular formula is C26H34N4O6. The molecule has 0 bridgehead atoms. The van der Waals surface area contributed by atoms with Gasteiger partial charge >= 0.3 is 0 Å². The number of unbranched alkanes of at least 4 members (excludes halogenated alkanes) is 4. The molecule has 0 spiro atoms. The Labute approximate surface area is 210 Å². The second-order valence-corrected chi connectivity index (χ2v) is 9.69. The zero-order valence-electron chi connectivity index (χ0n) is 20.5. The van der Waals surface area contributed by atoms with Crippen molar-refractivity contribution in [3.63, 3.8) is 0 Å². The number of hydrogen-bond donors (Lipinski definition) is 3. The highest BCUT2D eigenvalue weighted by Crippen LogP contribution is 2.32. The summed E-state index contributed by atoms with van der Waals surface area (Å²) in [5, 5.41) is 14.8. The maximum absolute atomic E-state index is 13.1. The Balaban J connectivity index is 1.20. The quantitative estimate of drug-likeness (QED) is 0.313. The van der Waals surface area contributed by atoms with E-state index in [9.17, 15) is 29.1 Å². The Hall–Kier alpha value is -3.27. The Morgan fingerprint density at radius 2 is 1.81 bits per heavy atom. The van der Waals surface area contributed by atoms with Crippen LogP contribution in [0.15, 0.2) is 18.2 Å². The summed E-state index contributed by atoms with van der Waals surface area (Å²) in [7, 11) is 0. The van der Waals surface area contributed by atoms with Crippen LogP contribution in [-0.2, 0) is 14.4 Å². The van der Waals surface area contributed by atoms with Crippen molar-refractivity contribution < 1.29 is 29.1 Å². The molecule has 2 saturated heterocycles. The third-order valence-corrected chi connectivity index (χ3v) is 7.26. The largest absolute Gasteiger partial charge is 0.394 e. The molecule has 194 valence electrons. The van der Waals surface area contributed by atoms with Gasteiger partial charge in [0.2, 0.25) is 17.7 Å². The molecule has 1 aromatic carbocycles. The van der Waals surface area contributed by atoms with Crippen molar-refractivity contribution >= 4 is 35.2 Å². The Kier molecular flexibility index (Phi) is 8.35. The van der Waals surface area contributed by atoms with Gasteiger partial charge in [-0.3, -0.25) is 34.2 Å². The molecule has 3 aliphatic heterocycles. The first-order chi connectivity index (χ1) is 17.4. The summed E-state index contributed by atoms with van der Waals surface area (Å²) < 4.78 is 0. The number of hydrogen-bond acceptors (Lipinski definition) is 7. The number of anilines is 1. The van der Waals surface area contributed by atoms with Gasteiger partial charge in [-0.15, -0.1) is 0 Å². The summed E-state index contributed by atoms with van der Waals surface area (Å²) in [5.41, 5.74) is 1.10. The van der Waals surface area contributed by atoms with E-state index in [2.05, 4.69) is 10.6 Å². The minimum Gasteiger partial charge on any atom is -0.394 e. The number of fused-ring (bicyclic) bond motifs is 1. The van der Waals surface area contributed by atoms with Gasteiger partial charge in [0.25, 0.3) is 11.8 Å². The maximum Gasteiger partial charge on any atom is 0.264 e. The van der Waals surface area contributed by atoms with Crippen molar-refractivity contribution in [2.45, 2.75) is 76.3 Å². The smallest absolute Gasteiger partial charge is 0.264 e. The molecule has 36 heavy (non-hydrogen) atoms. The van der Waals surface area contributed by atoms with E-state index in [-0.39, 0.29) is 42.5 Å². The molecule has 0 aromatic heterocycles. The van der Waals surface area contributed by atoms with Gasteiger partial charge < -0.3 is 15.3 Å². The number of carbonyl (C=O) groups is 5. The summed E-state index contributed by atoms with van der Waals surface area (Å²) in [4.78, 5) is 64.8. The first kappa shape index (κ1) is 25.8. The molecule has 0 radical (unpaired) electrons. The van der Waals surface area contributed by atoms with Crippen LogP contribution in [0, 0.1) is 0 Å².